The van der Waals surface area contributed by atoms with Crippen molar-refractivity contribution in [3.05, 3.63) is 64.3 Å². The molecule has 218 valence electrons. The average molecular weight is 606 g/mol. The smallest absolute Gasteiger partial charge is 0.416 e. The highest BCUT2D eigenvalue weighted by atomic mass is 35.5. The summed E-state index contributed by atoms with van der Waals surface area (Å²) in [4.78, 5) is 49.2. The van der Waals surface area contributed by atoms with Gasteiger partial charge < -0.3 is 30.6 Å². The Kier molecular flexibility index (Phi) is 12.8. The van der Waals surface area contributed by atoms with E-state index in [0.717, 1.165) is 12.1 Å². The minimum Gasteiger partial charge on any atom is -0.488 e. The largest absolute Gasteiger partial charge is 0.488 e. The lowest BCUT2D eigenvalue weighted by Gasteiger charge is -2.14. The predicted molar refractivity (Wildman–Crippen MR) is 149 cm³/mol. The third-order valence-electron chi connectivity index (χ3n) is 4.96. The molecule has 0 aliphatic carbocycles. The minimum absolute atomic E-state index is 0. The molecule has 0 spiro atoms. The number of aromatic nitrogens is 3. The van der Waals surface area contributed by atoms with E-state index in [9.17, 15) is 27.6 Å². The van der Waals surface area contributed by atoms with Crippen LogP contribution in [0.15, 0.2) is 47.7 Å². The van der Waals surface area contributed by atoms with E-state index >= 15 is 0 Å². The molecule has 3 amide bonds. The molecule has 0 aliphatic rings. The van der Waals surface area contributed by atoms with Gasteiger partial charge in [-0.1, -0.05) is 0 Å². The summed E-state index contributed by atoms with van der Waals surface area (Å²) in [6.45, 7) is 2.75. The molecule has 16 heteroatoms. The number of ether oxygens (including phenoxy) is 1. The molecule has 0 saturated heterocycles. The van der Waals surface area contributed by atoms with E-state index in [4.69, 9.17) is 4.74 Å². The number of carbonyl (C=O) groups is 2. The number of H-pyrrole nitrogens is 1. The van der Waals surface area contributed by atoms with E-state index in [1.165, 1.54) is 24.7 Å². The van der Waals surface area contributed by atoms with Crippen molar-refractivity contribution in [3.8, 4) is 17.1 Å². The number of carbonyl (C=O) groups excluding carboxylic acids is 2. The van der Waals surface area contributed by atoms with Crippen molar-refractivity contribution in [2.45, 2.75) is 13.1 Å². The lowest BCUT2D eigenvalue weighted by atomic mass is 10.1. The van der Waals surface area contributed by atoms with Gasteiger partial charge in [0.1, 0.15) is 0 Å². The van der Waals surface area contributed by atoms with Crippen LogP contribution in [0, 0.1) is 0 Å². The number of alkyl halides is 3. The first kappa shape index (κ1) is 34.1. The Balaban J connectivity index is 0.00000400. The van der Waals surface area contributed by atoms with Crippen LogP contribution >= 0.6 is 24.8 Å². The summed E-state index contributed by atoms with van der Waals surface area (Å²) in [5.74, 6) is -0.377. The van der Waals surface area contributed by atoms with Gasteiger partial charge in [-0.05, 0) is 45.3 Å². The van der Waals surface area contributed by atoms with Crippen LogP contribution in [0.3, 0.4) is 0 Å². The van der Waals surface area contributed by atoms with Crippen LogP contribution in [0.5, 0.6) is 5.75 Å². The predicted octanol–water partition coefficient (Wildman–Crippen LogP) is 4.03. The molecule has 4 N–H and O–H groups in total. The standard InChI is InChI=1S/C24H26F3N7O4.2ClH/c1-4-38-19-9-15(11-31-22(19)36)20-29-12-18(13-30-20)33-23(37)32-17-8-14(7-16(10-17)24(25,26)27)21(35)28-5-6-34(2)3;;/h7-13H,4-6H2,1-3H3,(H,28,35)(H,31,36)(H2,32,33,37);2*1H. The molecule has 0 atom stereocenters. The van der Waals surface area contributed by atoms with Gasteiger partial charge in [0.2, 0.25) is 0 Å². The van der Waals surface area contributed by atoms with Gasteiger partial charge in [0.15, 0.2) is 11.6 Å². The average Bonchev–Trinajstić information content (AvgIpc) is 2.85. The maximum absolute atomic E-state index is 13.4. The number of urea groups is 1. The lowest BCUT2D eigenvalue weighted by molar-refractivity contribution is -0.137. The first-order chi connectivity index (χ1) is 18.0. The fraction of sp³-hybridized carbons (Fsp3) is 0.292. The summed E-state index contributed by atoms with van der Waals surface area (Å²) in [5, 5.41) is 7.26. The fourth-order valence-electron chi connectivity index (χ4n) is 3.18. The number of likely N-dealkylation sites (N-methyl/N-ethyl adjacent to an activating group) is 1. The van der Waals surface area contributed by atoms with Crippen LogP contribution in [-0.4, -0.2) is 65.6 Å². The molecule has 40 heavy (non-hydrogen) atoms. The van der Waals surface area contributed by atoms with Crippen LogP contribution in [0.25, 0.3) is 11.4 Å². The molecule has 1 aromatic carbocycles. The van der Waals surface area contributed by atoms with Crippen molar-refractivity contribution >= 4 is 48.1 Å². The summed E-state index contributed by atoms with van der Waals surface area (Å²) in [6, 6.07) is 3.18. The highest BCUT2D eigenvalue weighted by Crippen LogP contribution is 2.32. The zero-order valence-electron chi connectivity index (χ0n) is 21.6. The number of nitrogens with one attached hydrogen (secondary N) is 4. The van der Waals surface area contributed by atoms with Gasteiger partial charge in [0.25, 0.3) is 11.5 Å². The number of hydrogen-bond acceptors (Lipinski definition) is 7. The number of aromatic amines is 1. The quantitative estimate of drug-likeness (QED) is 0.288. The normalized spacial score (nSPS) is 10.7. The summed E-state index contributed by atoms with van der Waals surface area (Å²) in [5.41, 5.74) is -1.38. The summed E-state index contributed by atoms with van der Waals surface area (Å²) in [6.07, 6.45) is -0.769. The van der Waals surface area contributed by atoms with Crippen LogP contribution in [0.2, 0.25) is 0 Å². The molecule has 0 bridgehead atoms. The molecule has 3 aromatic rings. The lowest BCUT2D eigenvalue weighted by Crippen LogP contribution is -2.31. The second-order valence-electron chi connectivity index (χ2n) is 8.25. The molecule has 0 saturated carbocycles. The zero-order chi connectivity index (χ0) is 27.9. The van der Waals surface area contributed by atoms with Crippen LogP contribution in [-0.2, 0) is 6.18 Å². The first-order valence-electron chi connectivity index (χ1n) is 11.4. The number of nitrogens with zero attached hydrogens (tertiary/aromatic N) is 3. The van der Waals surface area contributed by atoms with Crippen molar-refractivity contribution < 1.29 is 27.5 Å². The van der Waals surface area contributed by atoms with Gasteiger partial charge >= 0.3 is 12.2 Å². The Morgan fingerprint density at radius 1 is 1.02 bits per heavy atom. The van der Waals surface area contributed by atoms with Gasteiger partial charge in [0, 0.05) is 36.1 Å². The van der Waals surface area contributed by atoms with Crippen molar-refractivity contribution in [2.75, 3.05) is 44.4 Å². The van der Waals surface area contributed by atoms with Crippen molar-refractivity contribution in [1.29, 1.82) is 0 Å². The van der Waals surface area contributed by atoms with Crippen LogP contribution < -0.4 is 26.2 Å². The van der Waals surface area contributed by atoms with E-state index in [1.54, 1.807) is 25.9 Å². The molecule has 0 radical (unpaired) electrons. The zero-order valence-corrected chi connectivity index (χ0v) is 23.2. The highest BCUT2D eigenvalue weighted by molar-refractivity contribution is 6.01. The van der Waals surface area contributed by atoms with Crippen LogP contribution in [0.1, 0.15) is 22.8 Å². The Morgan fingerprint density at radius 3 is 2.27 bits per heavy atom. The Morgan fingerprint density at radius 2 is 1.68 bits per heavy atom. The van der Waals surface area contributed by atoms with Gasteiger partial charge in [-0.3, -0.25) is 9.59 Å². The maximum Gasteiger partial charge on any atom is 0.416 e. The van der Waals surface area contributed by atoms with Gasteiger partial charge in [-0.25, -0.2) is 14.8 Å². The number of amides is 3. The van der Waals surface area contributed by atoms with Crippen molar-refractivity contribution in [1.82, 2.24) is 25.2 Å². The number of pyridine rings is 1. The van der Waals surface area contributed by atoms with Gasteiger partial charge in [0.05, 0.1) is 30.3 Å². The fourth-order valence-corrected chi connectivity index (χ4v) is 3.18. The molecule has 2 heterocycles. The number of halogens is 5. The molecule has 2 aromatic heterocycles. The number of anilines is 2. The third kappa shape index (κ3) is 9.70. The van der Waals surface area contributed by atoms with E-state index in [0.29, 0.717) is 24.8 Å². The third-order valence-corrected chi connectivity index (χ3v) is 4.96. The van der Waals surface area contributed by atoms with E-state index in [1.807, 2.05) is 0 Å². The Hall–Kier alpha value is -3.88. The summed E-state index contributed by atoms with van der Waals surface area (Å²) in [7, 11) is 3.58. The van der Waals surface area contributed by atoms with E-state index < -0.39 is 29.2 Å². The number of hydrogen-bond donors (Lipinski definition) is 4. The van der Waals surface area contributed by atoms with E-state index in [2.05, 4.69) is 30.9 Å². The second kappa shape index (κ2) is 15.1. The SMILES string of the molecule is CCOc1cc(-c2ncc(NC(=O)Nc3cc(C(=O)NCCN(C)C)cc(C(F)(F)F)c3)cn2)c[nH]c1=O.Cl.Cl. The Bertz CT molecular complexity index is 1350. The van der Waals surface area contributed by atoms with Crippen molar-refractivity contribution in [3.63, 3.8) is 0 Å². The topological polar surface area (TPSA) is 141 Å². The minimum atomic E-state index is -4.74. The van der Waals surface area contributed by atoms with Crippen molar-refractivity contribution in [2.24, 2.45) is 0 Å². The molecule has 3 rings (SSSR count). The number of benzene rings is 1. The monoisotopic (exact) mass is 605 g/mol. The molecule has 0 fully saturated rings. The second-order valence-corrected chi connectivity index (χ2v) is 8.25. The molecular weight excluding hydrogens is 578 g/mol. The van der Waals surface area contributed by atoms with Crippen LogP contribution in [0.4, 0.5) is 29.3 Å². The summed E-state index contributed by atoms with van der Waals surface area (Å²) >= 11 is 0. The first-order valence-corrected chi connectivity index (χ1v) is 11.4. The molecule has 11 nitrogen and oxygen atoms in total. The summed E-state index contributed by atoms with van der Waals surface area (Å²) < 4.78 is 45.5. The highest BCUT2D eigenvalue weighted by Gasteiger charge is 2.32. The Labute approximate surface area is 239 Å². The van der Waals surface area contributed by atoms with Gasteiger partial charge in [-0.2, -0.15) is 13.2 Å². The van der Waals surface area contributed by atoms with Gasteiger partial charge in [-0.15, -0.1) is 24.8 Å². The molecular formula is C24H28Cl2F3N7O4. The molecule has 0 unspecified atom stereocenters. The number of rotatable bonds is 9. The molecule has 0 aliphatic heterocycles. The van der Waals surface area contributed by atoms with E-state index in [-0.39, 0.29) is 59.9 Å². The maximum atomic E-state index is 13.4.